The molecular weight excluding hydrogens is 246 g/mol. The zero-order valence-electron chi connectivity index (χ0n) is 11.1. The summed E-state index contributed by atoms with van der Waals surface area (Å²) in [6, 6.07) is 4.29. The SMILES string of the molecule is C=C(C)COc1ccc(C(=O)CCC)cc1[N+](=O)[O-]. The number of hydrogen-bond donors (Lipinski definition) is 0. The van der Waals surface area contributed by atoms with Crippen LogP contribution in [0.4, 0.5) is 5.69 Å². The van der Waals surface area contributed by atoms with E-state index in [1.54, 1.807) is 13.0 Å². The molecule has 0 spiro atoms. The molecule has 0 bridgehead atoms. The monoisotopic (exact) mass is 263 g/mol. The average Bonchev–Trinajstić information content (AvgIpc) is 2.36. The van der Waals surface area contributed by atoms with E-state index >= 15 is 0 Å². The predicted molar refractivity (Wildman–Crippen MR) is 72.6 cm³/mol. The maximum absolute atomic E-state index is 11.7. The second kappa shape index (κ2) is 6.68. The first kappa shape index (κ1) is 14.9. The highest BCUT2D eigenvalue weighted by Gasteiger charge is 2.18. The number of benzene rings is 1. The van der Waals surface area contributed by atoms with E-state index in [4.69, 9.17) is 4.74 Å². The molecule has 0 aromatic heterocycles. The van der Waals surface area contributed by atoms with Crippen molar-refractivity contribution in [3.63, 3.8) is 0 Å². The highest BCUT2D eigenvalue weighted by Crippen LogP contribution is 2.28. The molecule has 5 heteroatoms. The number of rotatable bonds is 7. The van der Waals surface area contributed by atoms with Crippen LogP contribution in [0.2, 0.25) is 0 Å². The van der Waals surface area contributed by atoms with Gasteiger partial charge in [0.15, 0.2) is 11.5 Å². The number of hydrogen-bond acceptors (Lipinski definition) is 4. The number of nitro groups is 1. The van der Waals surface area contributed by atoms with Gasteiger partial charge in [0.2, 0.25) is 0 Å². The topological polar surface area (TPSA) is 69.4 Å². The van der Waals surface area contributed by atoms with Crippen molar-refractivity contribution in [3.05, 3.63) is 46.0 Å². The Morgan fingerprint density at radius 1 is 1.47 bits per heavy atom. The number of carbonyl (C=O) groups is 1. The van der Waals surface area contributed by atoms with Crippen molar-refractivity contribution in [1.82, 2.24) is 0 Å². The van der Waals surface area contributed by atoms with Crippen LogP contribution in [0.3, 0.4) is 0 Å². The van der Waals surface area contributed by atoms with E-state index in [0.717, 1.165) is 5.57 Å². The van der Waals surface area contributed by atoms with Crippen LogP contribution in [0.15, 0.2) is 30.4 Å². The molecule has 0 heterocycles. The van der Waals surface area contributed by atoms with E-state index in [-0.39, 0.29) is 23.8 Å². The molecule has 102 valence electrons. The summed E-state index contributed by atoms with van der Waals surface area (Å²) < 4.78 is 5.30. The summed E-state index contributed by atoms with van der Waals surface area (Å²) in [6.07, 6.45) is 1.09. The Kier molecular flexibility index (Phi) is 5.23. The number of ketones is 1. The fraction of sp³-hybridized carbons (Fsp3) is 0.357. The lowest BCUT2D eigenvalue weighted by Gasteiger charge is -2.07. The zero-order valence-corrected chi connectivity index (χ0v) is 11.1. The minimum absolute atomic E-state index is 0.1000. The quantitative estimate of drug-likeness (QED) is 0.326. The van der Waals surface area contributed by atoms with E-state index in [2.05, 4.69) is 6.58 Å². The highest BCUT2D eigenvalue weighted by molar-refractivity contribution is 5.96. The minimum atomic E-state index is -0.545. The third-order valence-electron chi connectivity index (χ3n) is 2.43. The summed E-state index contributed by atoms with van der Waals surface area (Å²) in [4.78, 5) is 22.2. The third-order valence-corrected chi connectivity index (χ3v) is 2.43. The van der Waals surface area contributed by atoms with Gasteiger partial charge in [0.1, 0.15) is 6.61 Å². The Balaban J connectivity index is 3.04. The van der Waals surface area contributed by atoms with E-state index in [9.17, 15) is 14.9 Å². The van der Waals surface area contributed by atoms with Crippen molar-refractivity contribution in [2.24, 2.45) is 0 Å². The molecule has 0 unspecified atom stereocenters. The van der Waals surface area contributed by atoms with Gasteiger partial charge in [-0.1, -0.05) is 13.5 Å². The Labute approximate surface area is 112 Å². The number of ether oxygens (including phenoxy) is 1. The lowest BCUT2D eigenvalue weighted by atomic mass is 10.1. The normalized spacial score (nSPS) is 10.0. The van der Waals surface area contributed by atoms with Crippen LogP contribution in [0.25, 0.3) is 0 Å². The molecule has 19 heavy (non-hydrogen) atoms. The van der Waals surface area contributed by atoms with Gasteiger partial charge >= 0.3 is 5.69 Å². The molecule has 0 radical (unpaired) electrons. The van der Waals surface area contributed by atoms with Gasteiger partial charge in [-0.25, -0.2) is 0 Å². The van der Waals surface area contributed by atoms with Crippen LogP contribution in [0.1, 0.15) is 37.0 Å². The maximum atomic E-state index is 11.7. The lowest BCUT2D eigenvalue weighted by Crippen LogP contribution is -2.04. The second-order valence-corrected chi connectivity index (χ2v) is 4.36. The van der Waals surface area contributed by atoms with Gasteiger partial charge in [0, 0.05) is 18.1 Å². The summed E-state index contributed by atoms with van der Waals surface area (Å²) in [5, 5.41) is 11.0. The van der Waals surface area contributed by atoms with Crippen molar-refractivity contribution in [2.75, 3.05) is 6.61 Å². The van der Waals surface area contributed by atoms with Crippen LogP contribution in [-0.2, 0) is 0 Å². The predicted octanol–water partition coefficient (Wildman–Crippen LogP) is 3.53. The Bertz CT molecular complexity index is 508. The molecule has 1 rings (SSSR count). The fourth-order valence-corrected chi connectivity index (χ4v) is 1.53. The number of carbonyl (C=O) groups excluding carboxylic acids is 1. The van der Waals surface area contributed by atoms with Crippen molar-refractivity contribution >= 4 is 11.5 Å². The maximum Gasteiger partial charge on any atom is 0.311 e. The molecule has 0 atom stereocenters. The Morgan fingerprint density at radius 3 is 2.68 bits per heavy atom. The van der Waals surface area contributed by atoms with Crippen LogP contribution in [0, 0.1) is 10.1 Å². The standard InChI is InChI=1S/C14H17NO4/c1-4-5-13(16)11-6-7-14(19-9-10(2)3)12(8-11)15(17)18/h6-8H,2,4-5,9H2,1,3H3. The summed E-state index contributed by atoms with van der Waals surface area (Å²) in [6.45, 7) is 7.53. The van der Waals surface area contributed by atoms with Crippen LogP contribution in [0.5, 0.6) is 5.75 Å². The first-order valence-corrected chi connectivity index (χ1v) is 6.04. The molecule has 1 aromatic rings. The van der Waals surface area contributed by atoms with Crippen molar-refractivity contribution in [3.8, 4) is 5.75 Å². The second-order valence-electron chi connectivity index (χ2n) is 4.36. The first-order chi connectivity index (χ1) is 8.95. The summed E-state index contributed by atoms with van der Waals surface area (Å²) in [7, 11) is 0. The zero-order chi connectivity index (χ0) is 14.4. The van der Waals surface area contributed by atoms with Gasteiger partial charge in [0.25, 0.3) is 0 Å². The molecule has 5 nitrogen and oxygen atoms in total. The van der Waals surface area contributed by atoms with Gasteiger partial charge in [0.05, 0.1) is 4.92 Å². The van der Waals surface area contributed by atoms with Gasteiger partial charge in [-0.3, -0.25) is 14.9 Å². The minimum Gasteiger partial charge on any atom is -0.482 e. The summed E-state index contributed by atoms with van der Waals surface area (Å²) in [5.74, 6) is 0.0538. The lowest BCUT2D eigenvalue weighted by molar-refractivity contribution is -0.385. The van der Waals surface area contributed by atoms with Crippen molar-refractivity contribution < 1.29 is 14.5 Å². The van der Waals surface area contributed by atoms with E-state index < -0.39 is 4.92 Å². The number of nitrogens with zero attached hydrogens (tertiary/aromatic N) is 1. The van der Waals surface area contributed by atoms with E-state index in [1.165, 1.54) is 12.1 Å². The van der Waals surface area contributed by atoms with Crippen LogP contribution in [-0.4, -0.2) is 17.3 Å². The molecule has 0 saturated heterocycles. The van der Waals surface area contributed by atoms with Gasteiger partial charge in [-0.2, -0.15) is 0 Å². The highest BCUT2D eigenvalue weighted by atomic mass is 16.6. The molecule has 0 aliphatic carbocycles. The number of Topliss-reactive ketones (excluding diaryl/α,β-unsaturated/α-hetero) is 1. The summed E-state index contributed by atoms with van der Waals surface area (Å²) >= 11 is 0. The van der Waals surface area contributed by atoms with E-state index in [1.807, 2.05) is 6.92 Å². The average molecular weight is 263 g/mol. The van der Waals surface area contributed by atoms with E-state index in [0.29, 0.717) is 18.4 Å². The molecule has 0 N–H and O–H groups in total. The molecule has 0 aliphatic rings. The number of nitro benzene ring substituents is 1. The molecule has 0 saturated carbocycles. The fourth-order valence-electron chi connectivity index (χ4n) is 1.53. The Hall–Kier alpha value is -2.17. The molecule has 1 aromatic carbocycles. The molecular formula is C14H17NO4. The molecule has 0 fully saturated rings. The first-order valence-electron chi connectivity index (χ1n) is 6.04. The third kappa shape index (κ3) is 4.21. The largest absolute Gasteiger partial charge is 0.482 e. The molecule has 0 amide bonds. The smallest absolute Gasteiger partial charge is 0.311 e. The van der Waals surface area contributed by atoms with Crippen molar-refractivity contribution in [1.29, 1.82) is 0 Å². The van der Waals surface area contributed by atoms with Gasteiger partial charge in [-0.15, -0.1) is 0 Å². The molecule has 0 aliphatic heterocycles. The van der Waals surface area contributed by atoms with Crippen LogP contribution >= 0.6 is 0 Å². The Morgan fingerprint density at radius 2 is 2.16 bits per heavy atom. The van der Waals surface area contributed by atoms with Gasteiger partial charge < -0.3 is 4.74 Å². The van der Waals surface area contributed by atoms with Gasteiger partial charge in [-0.05, 0) is 31.1 Å². The van der Waals surface area contributed by atoms with Crippen LogP contribution < -0.4 is 4.74 Å². The van der Waals surface area contributed by atoms with Crippen molar-refractivity contribution in [2.45, 2.75) is 26.7 Å². The summed E-state index contributed by atoms with van der Waals surface area (Å²) in [5.41, 5.74) is 0.917.